The number of aromatic nitrogens is 1. The molecule has 0 saturated heterocycles. The van der Waals surface area contributed by atoms with Crippen LogP contribution in [0.1, 0.15) is 31.9 Å². The van der Waals surface area contributed by atoms with Crippen molar-refractivity contribution in [2.75, 3.05) is 0 Å². The molecule has 2 nitrogen and oxygen atoms in total. The fourth-order valence-electron chi connectivity index (χ4n) is 4.69. The first-order valence-electron chi connectivity index (χ1n) is 10.6. The van der Waals surface area contributed by atoms with E-state index in [1.54, 1.807) is 11.3 Å². The van der Waals surface area contributed by atoms with Crippen molar-refractivity contribution in [2.45, 2.75) is 33.1 Å². The molecule has 0 N–H and O–H groups in total. The van der Waals surface area contributed by atoms with Crippen LogP contribution in [0, 0.1) is 6.92 Å². The second kappa shape index (κ2) is 6.41. The van der Waals surface area contributed by atoms with Gasteiger partial charge in [-0.1, -0.05) is 51.1 Å². The van der Waals surface area contributed by atoms with E-state index >= 15 is 0 Å². The van der Waals surface area contributed by atoms with Crippen LogP contribution in [0.25, 0.3) is 54.1 Å². The second-order valence-electron chi connectivity index (χ2n) is 9.37. The Hall–Kier alpha value is -3.17. The van der Waals surface area contributed by atoms with Gasteiger partial charge in [0.05, 0.1) is 15.8 Å². The van der Waals surface area contributed by atoms with Crippen LogP contribution in [-0.2, 0) is 5.41 Å². The molecule has 0 saturated carbocycles. The number of furan rings is 1. The summed E-state index contributed by atoms with van der Waals surface area (Å²) in [6, 6.07) is 19.6. The Morgan fingerprint density at radius 2 is 1.71 bits per heavy atom. The van der Waals surface area contributed by atoms with Crippen LogP contribution in [0.2, 0.25) is 0 Å². The van der Waals surface area contributed by atoms with Crippen LogP contribution in [0.5, 0.6) is 0 Å². The van der Waals surface area contributed by atoms with Crippen LogP contribution < -0.4 is 0 Å². The number of hydrogen-bond donors (Lipinski definition) is 0. The van der Waals surface area contributed by atoms with E-state index < -0.39 is 0 Å². The lowest BCUT2D eigenvalue weighted by atomic mass is 9.82. The van der Waals surface area contributed by atoms with Gasteiger partial charge in [0.25, 0.3) is 0 Å². The SMILES string of the molecule is Cc1csc2c1ccc1c2oc2ccnc(-c3cc(C(C)(C)C)c4ccccc4c3)c21. The van der Waals surface area contributed by atoms with Gasteiger partial charge < -0.3 is 4.42 Å². The Morgan fingerprint density at radius 3 is 2.55 bits per heavy atom. The van der Waals surface area contributed by atoms with E-state index in [2.05, 4.69) is 81.6 Å². The predicted molar refractivity (Wildman–Crippen MR) is 133 cm³/mol. The Labute approximate surface area is 185 Å². The normalized spacial score (nSPS) is 12.5. The molecule has 6 aromatic rings. The number of thiophene rings is 1. The summed E-state index contributed by atoms with van der Waals surface area (Å²) in [5.74, 6) is 0. The molecule has 3 heterocycles. The monoisotopic (exact) mass is 421 g/mol. The third-order valence-electron chi connectivity index (χ3n) is 6.23. The third-order valence-corrected chi connectivity index (χ3v) is 7.34. The summed E-state index contributed by atoms with van der Waals surface area (Å²) in [6.45, 7) is 8.98. The second-order valence-corrected chi connectivity index (χ2v) is 10.2. The summed E-state index contributed by atoms with van der Waals surface area (Å²) in [7, 11) is 0. The average Bonchev–Trinajstić information content (AvgIpc) is 3.32. The Balaban J connectivity index is 1.72. The Bertz CT molecular complexity index is 1630. The molecular formula is C28H23NOS. The summed E-state index contributed by atoms with van der Waals surface area (Å²) in [5, 5.41) is 8.26. The maximum Gasteiger partial charge on any atom is 0.153 e. The van der Waals surface area contributed by atoms with Gasteiger partial charge in [-0.25, -0.2) is 0 Å². The number of hydrogen-bond acceptors (Lipinski definition) is 3. The van der Waals surface area contributed by atoms with E-state index in [1.807, 2.05) is 12.3 Å². The zero-order valence-electron chi connectivity index (χ0n) is 18.1. The number of rotatable bonds is 1. The van der Waals surface area contributed by atoms with Gasteiger partial charge in [0.1, 0.15) is 5.58 Å². The minimum absolute atomic E-state index is 0.0304. The van der Waals surface area contributed by atoms with E-state index in [-0.39, 0.29) is 5.41 Å². The van der Waals surface area contributed by atoms with Crippen molar-refractivity contribution in [3.63, 3.8) is 0 Å². The van der Waals surface area contributed by atoms with Gasteiger partial charge >= 0.3 is 0 Å². The molecule has 6 rings (SSSR count). The lowest BCUT2D eigenvalue weighted by Crippen LogP contribution is -2.12. The zero-order valence-corrected chi connectivity index (χ0v) is 18.9. The topological polar surface area (TPSA) is 26.0 Å². The predicted octanol–water partition coefficient (Wildman–Crippen LogP) is 8.62. The molecule has 0 aliphatic carbocycles. The fourth-order valence-corrected chi connectivity index (χ4v) is 5.72. The van der Waals surface area contributed by atoms with Gasteiger partial charge in [-0.2, -0.15) is 0 Å². The molecule has 0 aliphatic rings. The third kappa shape index (κ3) is 2.73. The Morgan fingerprint density at radius 1 is 0.903 bits per heavy atom. The molecule has 0 unspecified atom stereocenters. The fraction of sp³-hybridized carbons (Fsp3) is 0.179. The minimum atomic E-state index is 0.0304. The molecule has 152 valence electrons. The van der Waals surface area contributed by atoms with Gasteiger partial charge in [0.15, 0.2) is 5.58 Å². The van der Waals surface area contributed by atoms with E-state index in [1.165, 1.54) is 32.0 Å². The maximum atomic E-state index is 6.40. The number of benzene rings is 3. The van der Waals surface area contributed by atoms with E-state index in [4.69, 9.17) is 9.40 Å². The molecule has 0 radical (unpaired) electrons. The molecule has 3 aromatic carbocycles. The standard InChI is InChI=1S/C28H23NOS/c1-16-15-31-27-19(16)9-10-21-24-23(30-26(21)27)11-12-29-25(24)18-13-17-7-5-6-8-20(17)22(14-18)28(2,3)4/h5-15H,1-4H3. The highest BCUT2D eigenvalue weighted by atomic mass is 32.1. The smallest absolute Gasteiger partial charge is 0.153 e. The van der Waals surface area contributed by atoms with Crippen molar-refractivity contribution in [1.82, 2.24) is 4.98 Å². The molecule has 0 fully saturated rings. The number of fused-ring (bicyclic) bond motifs is 6. The lowest BCUT2D eigenvalue weighted by Gasteiger charge is -2.22. The summed E-state index contributed by atoms with van der Waals surface area (Å²) in [5.41, 5.74) is 6.65. The molecule has 3 heteroatoms. The number of nitrogens with zero attached hydrogens (tertiary/aromatic N) is 1. The van der Waals surface area contributed by atoms with Crippen LogP contribution in [0.4, 0.5) is 0 Å². The van der Waals surface area contributed by atoms with Crippen molar-refractivity contribution < 1.29 is 4.42 Å². The van der Waals surface area contributed by atoms with E-state index in [0.29, 0.717) is 0 Å². The van der Waals surface area contributed by atoms with Gasteiger partial charge in [0, 0.05) is 17.1 Å². The lowest BCUT2D eigenvalue weighted by molar-refractivity contribution is 0.596. The Kier molecular flexibility index (Phi) is 3.85. The first-order valence-corrected chi connectivity index (χ1v) is 11.5. The van der Waals surface area contributed by atoms with Crippen LogP contribution >= 0.6 is 11.3 Å². The van der Waals surface area contributed by atoms with E-state index in [9.17, 15) is 0 Å². The van der Waals surface area contributed by atoms with Crippen molar-refractivity contribution in [3.8, 4) is 11.3 Å². The highest BCUT2D eigenvalue weighted by Crippen LogP contribution is 2.42. The molecule has 0 bridgehead atoms. The van der Waals surface area contributed by atoms with Gasteiger partial charge in [-0.05, 0) is 69.3 Å². The number of aryl methyl sites for hydroxylation is 1. The van der Waals surface area contributed by atoms with Crippen molar-refractivity contribution in [2.24, 2.45) is 0 Å². The molecular weight excluding hydrogens is 398 g/mol. The molecule has 0 spiro atoms. The van der Waals surface area contributed by atoms with E-state index in [0.717, 1.165) is 33.2 Å². The molecule has 0 amide bonds. The van der Waals surface area contributed by atoms with Crippen molar-refractivity contribution in [3.05, 3.63) is 77.3 Å². The first-order chi connectivity index (χ1) is 14.9. The summed E-state index contributed by atoms with van der Waals surface area (Å²) >= 11 is 1.75. The van der Waals surface area contributed by atoms with Crippen molar-refractivity contribution in [1.29, 1.82) is 0 Å². The minimum Gasteiger partial charge on any atom is -0.454 e. The summed E-state index contributed by atoms with van der Waals surface area (Å²) < 4.78 is 7.61. The summed E-state index contributed by atoms with van der Waals surface area (Å²) in [6.07, 6.45) is 1.86. The average molecular weight is 422 g/mol. The van der Waals surface area contributed by atoms with Crippen molar-refractivity contribution >= 4 is 54.1 Å². The van der Waals surface area contributed by atoms with Crippen LogP contribution in [0.3, 0.4) is 0 Å². The molecule has 3 aromatic heterocycles. The molecule has 0 aliphatic heterocycles. The van der Waals surface area contributed by atoms with Gasteiger partial charge in [-0.15, -0.1) is 11.3 Å². The van der Waals surface area contributed by atoms with Crippen LogP contribution in [0.15, 0.2) is 70.6 Å². The zero-order chi connectivity index (χ0) is 21.3. The largest absolute Gasteiger partial charge is 0.454 e. The maximum absolute atomic E-state index is 6.40. The summed E-state index contributed by atoms with van der Waals surface area (Å²) in [4.78, 5) is 4.86. The molecule has 0 atom stereocenters. The van der Waals surface area contributed by atoms with Crippen LogP contribution in [-0.4, -0.2) is 4.98 Å². The highest BCUT2D eigenvalue weighted by Gasteiger charge is 2.21. The quantitative estimate of drug-likeness (QED) is 0.265. The highest BCUT2D eigenvalue weighted by molar-refractivity contribution is 7.18. The van der Waals surface area contributed by atoms with Gasteiger partial charge in [-0.3, -0.25) is 4.98 Å². The first kappa shape index (κ1) is 18.6. The molecule has 31 heavy (non-hydrogen) atoms. The number of pyridine rings is 1. The van der Waals surface area contributed by atoms with Gasteiger partial charge in [0.2, 0.25) is 0 Å².